The van der Waals surface area contributed by atoms with E-state index in [2.05, 4.69) is 20.3 Å². The third-order valence-corrected chi connectivity index (χ3v) is 7.14. The minimum Gasteiger partial charge on any atom is -0.454 e. The zero-order valence-electron chi connectivity index (χ0n) is 20.4. The number of rotatable bonds is 10. The highest BCUT2D eigenvalue weighted by atomic mass is 16.7. The lowest BCUT2D eigenvalue weighted by Gasteiger charge is -2.40. The second-order valence-electron chi connectivity index (χ2n) is 9.62. The van der Waals surface area contributed by atoms with E-state index in [4.69, 9.17) is 18.7 Å². The van der Waals surface area contributed by atoms with Crippen LogP contribution in [0.4, 0.5) is 0 Å². The van der Waals surface area contributed by atoms with Crippen LogP contribution >= 0.6 is 0 Å². The molecule has 2 saturated heterocycles. The van der Waals surface area contributed by atoms with Crippen LogP contribution in [-0.2, 0) is 16.1 Å². The van der Waals surface area contributed by atoms with E-state index in [9.17, 15) is 4.79 Å². The third kappa shape index (κ3) is 6.54. The molecule has 1 amide bonds. The predicted octanol–water partition coefficient (Wildman–Crippen LogP) is 3.04. The number of benzene rings is 1. The molecule has 2 aromatic rings. The number of ether oxygens (including phenoxy) is 3. The summed E-state index contributed by atoms with van der Waals surface area (Å²) in [7, 11) is 0. The van der Waals surface area contributed by atoms with Gasteiger partial charge < -0.3 is 33.9 Å². The maximum Gasteiger partial charge on any atom is 0.246 e. The Hall–Kier alpha value is -2.62. The van der Waals surface area contributed by atoms with E-state index in [-0.39, 0.29) is 25.9 Å². The van der Waals surface area contributed by atoms with Gasteiger partial charge in [-0.1, -0.05) is 11.6 Å². The summed E-state index contributed by atoms with van der Waals surface area (Å²) >= 11 is 0. The zero-order chi connectivity index (χ0) is 23.9. The summed E-state index contributed by atoms with van der Waals surface area (Å²) in [6, 6.07) is 8.18. The van der Waals surface area contributed by atoms with Crippen LogP contribution < -0.4 is 14.8 Å². The van der Waals surface area contributed by atoms with E-state index in [1.165, 1.54) is 58.3 Å². The number of carbonyl (C=O) groups is 1. The second kappa shape index (κ2) is 11.9. The first kappa shape index (κ1) is 24.1. The predicted molar refractivity (Wildman–Crippen MR) is 130 cm³/mol. The molecule has 9 heteroatoms. The van der Waals surface area contributed by atoms with Gasteiger partial charge >= 0.3 is 0 Å². The number of hydrogen-bond donors (Lipinski definition) is 1. The number of amides is 1. The monoisotopic (exact) mass is 484 g/mol. The molecular weight excluding hydrogens is 448 g/mol. The lowest BCUT2D eigenvalue weighted by molar-refractivity contribution is -0.126. The fourth-order valence-corrected chi connectivity index (χ4v) is 5.19. The van der Waals surface area contributed by atoms with Crippen LogP contribution in [0.25, 0.3) is 11.3 Å². The Labute approximate surface area is 206 Å². The van der Waals surface area contributed by atoms with E-state index in [0.29, 0.717) is 23.7 Å². The molecule has 2 fully saturated rings. The molecule has 1 N–H and O–H groups in total. The first-order chi connectivity index (χ1) is 17.2. The quantitative estimate of drug-likeness (QED) is 0.515. The van der Waals surface area contributed by atoms with Gasteiger partial charge in [-0.2, -0.15) is 0 Å². The van der Waals surface area contributed by atoms with Gasteiger partial charge in [0.2, 0.25) is 12.7 Å². The van der Waals surface area contributed by atoms with Crippen LogP contribution in [0.2, 0.25) is 0 Å². The molecule has 5 rings (SSSR count). The summed E-state index contributed by atoms with van der Waals surface area (Å²) < 4.78 is 21.7. The first-order valence-corrected chi connectivity index (χ1v) is 12.9. The fraction of sp³-hybridized carbons (Fsp3) is 0.615. The van der Waals surface area contributed by atoms with Gasteiger partial charge in [-0.15, -0.1) is 0 Å². The zero-order valence-corrected chi connectivity index (χ0v) is 20.4. The molecule has 9 nitrogen and oxygen atoms in total. The summed E-state index contributed by atoms with van der Waals surface area (Å²) in [5.41, 5.74) is 1.49. The standard InChI is InChI=1S/C26H36N4O5/c31-26(27-9-4-10-29-13-7-22(8-14-29)30-11-2-1-3-12-30)18-32-17-21-16-24(35-28-21)20-5-6-23-25(15-20)34-19-33-23/h5-6,15-16,22H,1-4,7-14,17-19H2,(H,27,31). The van der Waals surface area contributed by atoms with E-state index in [1.807, 2.05) is 24.3 Å². The van der Waals surface area contributed by atoms with Crippen molar-refractivity contribution < 1.29 is 23.5 Å². The number of fused-ring (bicyclic) bond motifs is 1. The molecule has 0 unspecified atom stereocenters. The number of piperidine rings is 2. The van der Waals surface area contributed by atoms with Crippen molar-refractivity contribution in [1.29, 1.82) is 0 Å². The third-order valence-electron chi connectivity index (χ3n) is 7.14. The molecule has 0 radical (unpaired) electrons. The van der Waals surface area contributed by atoms with Crippen LogP contribution in [0.15, 0.2) is 28.8 Å². The highest BCUT2D eigenvalue weighted by Gasteiger charge is 2.25. The summed E-state index contributed by atoms with van der Waals surface area (Å²) in [6.45, 7) is 7.08. The van der Waals surface area contributed by atoms with Crippen molar-refractivity contribution in [3.8, 4) is 22.8 Å². The Kier molecular flexibility index (Phi) is 8.18. The normalized spacial score (nSPS) is 19.2. The molecule has 0 atom stereocenters. The molecule has 1 aromatic heterocycles. The molecular formula is C26H36N4O5. The average molecular weight is 485 g/mol. The molecule has 190 valence electrons. The van der Waals surface area contributed by atoms with Crippen molar-refractivity contribution in [3.63, 3.8) is 0 Å². The first-order valence-electron chi connectivity index (χ1n) is 12.9. The van der Waals surface area contributed by atoms with Crippen molar-refractivity contribution in [3.05, 3.63) is 30.0 Å². The number of carbonyl (C=O) groups excluding carboxylic acids is 1. The summed E-state index contributed by atoms with van der Waals surface area (Å²) in [6.07, 6.45) is 7.64. The minimum absolute atomic E-state index is 0.00739. The average Bonchev–Trinajstić information content (AvgIpc) is 3.57. The Morgan fingerprint density at radius 1 is 1.06 bits per heavy atom. The molecule has 1 aromatic carbocycles. The number of nitrogens with one attached hydrogen (secondary N) is 1. The van der Waals surface area contributed by atoms with Gasteiger partial charge in [0.05, 0.1) is 6.61 Å². The van der Waals surface area contributed by atoms with Gasteiger partial charge in [0, 0.05) is 24.2 Å². The fourth-order valence-electron chi connectivity index (χ4n) is 5.19. The summed E-state index contributed by atoms with van der Waals surface area (Å²) in [4.78, 5) is 17.4. The maximum atomic E-state index is 12.1. The van der Waals surface area contributed by atoms with Crippen molar-refractivity contribution in [2.24, 2.45) is 0 Å². The summed E-state index contributed by atoms with van der Waals surface area (Å²) in [5, 5.41) is 6.99. The second-order valence-corrected chi connectivity index (χ2v) is 9.62. The SMILES string of the molecule is O=C(COCc1cc(-c2ccc3c(c2)OCO3)on1)NCCCN1CCC(N2CCCCC2)CC1. The lowest BCUT2D eigenvalue weighted by atomic mass is 10.00. The molecule has 0 aliphatic carbocycles. The van der Waals surface area contributed by atoms with E-state index in [1.54, 1.807) is 0 Å². The molecule has 3 aliphatic heterocycles. The Balaban J connectivity index is 0.936. The highest BCUT2D eigenvalue weighted by molar-refractivity contribution is 5.77. The van der Waals surface area contributed by atoms with Crippen LogP contribution in [-0.4, -0.2) is 79.6 Å². The van der Waals surface area contributed by atoms with Gasteiger partial charge in [0.25, 0.3) is 0 Å². The number of likely N-dealkylation sites (tertiary alicyclic amines) is 2. The number of nitrogens with zero attached hydrogens (tertiary/aromatic N) is 3. The van der Waals surface area contributed by atoms with Crippen LogP contribution in [0.5, 0.6) is 11.5 Å². The highest BCUT2D eigenvalue weighted by Crippen LogP contribution is 2.36. The van der Waals surface area contributed by atoms with Crippen molar-refractivity contribution in [2.75, 3.05) is 52.7 Å². The van der Waals surface area contributed by atoms with Gasteiger partial charge in [-0.25, -0.2) is 0 Å². The van der Waals surface area contributed by atoms with Crippen molar-refractivity contribution in [2.45, 2.75) is 51.2 Å². The molecule has 0 spiro atoms. The Bertz CT molecular complexity index is 966. The smallest absolute Gasteiger partial charge is 0.246 e. The molecule has 4 heterocycles. The van der Waals surface area contributed by atoms with Gasteiger partial charge in [0.1, 0.15) is 12.3 Å². The molecule has 3 aliphatic rings. The van der Waals surface area contributed by atoms with Crippen LogP contribution in [0.3, 0.4) is 0 Å². The minimum atomic E-state index is -0.103. The molecule has 35 heavy (non-hydrogen) atoms. The van der Waals surface area contributed by atoms with E-state index < -0.39 is 0 Å². The Morgan fingerprint density at radius 3 is 2.74 bits per heavy atom. The van der Waals surface area contributed by atoms with Crippen molar-refractivity contribution >= 4 is 5.91 Å². The number of aromatic nitrogens is 1. The van der Waals surface area contributed by atoms with Crippen LogP contribution in [0, 0.1) is 0 Å². The lowest BCUT2D eigenvalue weighted by Crippen LogP contribution is -2.47. The summed E-state index contributed by atoms with van der Waals surface area (Å²) in [5.74, 6) is 1.93. The van der Waals surface area contributed by atoms with Gasteiger partial charge in [0.15, 0.2) is 17.3 Å². The molecule has 0 saturated carbocycles. The van der Waals surface area contributed by atoms with Gasteiger partial charge in [-0.3, -0.25) is 4.79 Å². The van der Waals surface area contributed by atoms with Gasteiger partial charge in [-0.05, 0) is 83.0 Å². The largest absolute Gasteiger partial charge is 0.454 e. The Morgan fingerprint density at radius 2 is 1.89 bits per heavy atom. The van der Waals surface area contributed by atoms with E-state index in [0.717, 1.165) is 30.3 Å². The van der Waals surface area contributed by atoms with Crippen LogP contribution in [0.1, 0.15) is 44.2 Å². The number of hydrogen-bond acceptors (Lipinski definition) is 8. The van der Waals surface area contributed by atoms with Crippen molar-refractivity contribution in [1.82, 2.24) is 20.3 Å². The molecule has 0 bridgehead atoms. The maximum absolute atomic E-state index is 12.1. The topological polar surface area (TPSA) is 89.3 Å². The van der Waals surface area contributed by atoms with E-state index >= 15 is 0 Å².